The number of sulfonamides is 1. The maximum Gasteiger partial charge on any atom is 0.240 e. The number of benzene rings is 1. The molecule has 1 aromatic heterocycles. The molecule has 96 valence electrons. The van der Waals surface area contributed by atoms with Crippen molar-refractivity contribution in [1.29, 1.82) is 0 Å². The van der Waals surface area contributed by atoms with Crippen molar-refractivity contribution in [3.63, 3.8) is 0 Å². The number of nitrogens with one attached hydrogen (secondary N) is 1. The number of rotatable bonds is 5. The van der Waals surface area contributed by atoms with Crippen LogP contribution >= 0.6 is 11.3 Å². The van der Waals surface area contributed by atoms with Gasteiger partial charge in [-0.3, -0.25) is 0 Å². The van der Waals surface area contributed by atoms with Crippen molar-refractivity contribution in [1.82, 2.24) is 4.72 Å². The molecule has 5 heteroatoms. The fourth-order valence-corrected chi connectivity index (χ4v) is 3.80. The van der Waals surface area contributed by atoms with Crippen molar-refractivity contribution in [3.05, 3.63) is 52.7 Å². The highest BCUT2D eigenvalue weighted by Crippen LogP contribution is 2.13. The highest BCUT2D eigenvalue weighted by Gasteiger charge is 2.17. The van der Waals surface area contributed by atoms with Gasteiger partial charge in [0.1, 0.15) is 0 Å². The summed E-state index contributed by atoms with van der Waals surface area (Å²) in [6.45, 7) is 1.88. The first-order valence-electron chi connectivity index (χ1n) is 5.68. The summed E-state index contributed by atoms with van der Waals surface area (Å²) in [5.74, 6) is 0. The van der Waals surface area contributed by atoms with Crippen LogP contribution in [0.5, 0.6) is 0 Å². The molecule has 0 aliphatic rings. The second-order valence-corrected chi connectivity index (χ2v) is 6.87. The predicted octanol–water partition coefficient (Wildman–Crippen LogP) is 2.66. The highest BCUT2D eigenvalue weighted by atomic mass is 32.2. The van der Waals surface area contributed by atoms with E-state index in [9.17, 15) is 8.42 Å². The molecule has 0 aliphatic carbocycles. The predicted molar refractivity (Wildman–Crippen MR) is 74.2 cm³/mol. The van der Waals surface area contributed by atoms with Crippen LogP contribution in [-0.2, 0) is 16.4 Å². The van der Waals surface area contributed by atoms with Crippen LogP contribution in [0.25, 0.3) is 0 Å². The molecule has 0 unspecified atom stereocenters. The third-order valence-electron chi connectivity index (χ3n) is 2.50. The Balaban J connectivity index is 2.05. The first-order chi connectivity index (χ1) is 8.58. The summed E-state index contributed by atoms with van der Waals surface area (Å²) in [6, 6.07) is 12.3. The summed E-state index contributed by atoms with van der Waals surface area (Å²) in [5.41, 5.74) is 0. The molecule has 0 radical (unpaired) electrons. The lowest BCUT2D eigenvalue weighted by molar-refractivity contribution is 0.560. The molecule has 0 amide bonds. The summed E-state index contributed by atoms with van der Waals surface area (Å²) < 4.78 is 26.8. The molecule has 3 nitrogen and oxygen atoms in total. The average Bonchev–Trinajstić information content (AvgIpc) is 2.82. The SMILES string of the molecule is C[C@@H](Cc1cccs1)NS(=O)(=O)c1ccccc1. The second kappa shape index (κ2) is 5.65. The van der Waals surface area contributed by atoms with Crippen molar-refractivity contribution < 1.29 is 8.42 Å². The molecule has 1 N–H and O–H groups in total. The minimum absolute atomic E-state index is 0.117. The first kappa shape index (κ1) is 13.3. The maximum absolute atomic E-state index is 12.1. The molecule has 1 heterocycles. The van der Waals surface area contributed by atoms with Gasteiger partial charge in [-0.15, -0.1) is 11.3 Å². The third kappa shape index (κ3) is 3.41. The van der Waals surface area contributed by atoms with E-state index in [1.54, 1.807) is 41.7 Å². The lowest BCUT2D eigenvalue weighted by atomic mass is 10.2. The smallest absolute Gasteiger partial charge is 0.208 e. The van der Waals surface area contributed by atoms with Gasteiger partial charge in [0, 0.05) is 10.9 Å². The van der Waals surface area contributed by atoms with Crippen LogP contribution in [0.15, 0.2) is 52.7 Å². The normalized spacial score (nSPS) is 13.4. The average molecular weight is 281 g/mol. The molecule has 0 saturated carbocycles. The van der Waals surface area contributed by atoms with Gasteiger partial charge in [-0.05, 0) is 36.9 Å². The van der Waals surface area contributed by atoms with E-state index in [4.69, 9.17) is 0 Å². The molecule has 2 rings (SSSR count). The van der Waals surface area contributed by atoms with Gasteiger partial charge in [-0.2, -0.15) is 0 Å². The Hall–Kier alpha value is -1.17. The van der Waals surface area contributed by atoms with Gasteiger partial charge in [0.05, 0.1) is 4.90 Å². The Morgan fingerprint density at radius 2 is 1.89 bits per heavy atom. The van der Waals surface area contributed by atoms with E-state index in [2.05, 4.69) is 4.72 Å². The Morgan fingerprint density at radius 3 is 2.50 bits per heavy atom. The maximum atomic E-state index is 12.1. The topological polar surface area (TPSA) is 46.2 Å². The summed E-state index contributed by atoms with van der Waals surface area (Å²) in [6.07, 6.45) is 0.712. The van der Waals surface area contributed by atoms with Crippen molar-refractivity contribution in [3.8, 4) is 0 Å². The standard InChI is InChI=1S/C13H15NO2S2/c1-11(10-12-6-5-9-17-12)14-18(15,16)13-7-3-2-4-8-13/h2-9,11,14H,10H2,1H3/t11-/m0/s1. The minimum atomic E-state index is -3.41. The largest absolute Gasteiger partial charge is 0.240 e. The fraction of sp³-hybridized carbons (Fsp3) is 0.231. The lowest BCUT2D eigenvalue weighted by Gasteiger charge is -2.13. The van der Waals surface area contributed by atoms with Gasteiger partial charge in [0.2, 0.25) is 10.0 Å². The molecule has 1 aromatic carbocycles. The molecule has 0 fully saturated rings. The molecular weight excluding hydrogens is 266 g/mol. The van der Waals surface area contributed by atoms with E-state index in [0.717, 1.165) is 0 Å². The summed E-state index contributed by atoms with van der Waals surface area (Å²) >= 11 is 1.64. The molecular formula is C13H15NO2S2. The zero-order valence-electron chi connectivity index (χ0n) is 10.0. The second-order valence-electron chi connectivity index (χ2n) is 4.12. The Morgan fingerprint density at radius 1 is 1.17 bits per heavy atom. The quantitative estimate of drug-likeness (QED) is 0.916. The van der Waals surface area contributed by atoms with Gasteiger partial charge in [0.25, 0.3) is 0 Å². The number of hydrogen-bond acceptors (Lipinski definition) is 3. The van der Waals surface area contributed by atoms with Gasteiger partial charge in [0.15, 0.2) is 0 Å². The van der Waals surface area contributed by atoms with Crippen LogP contribution in [0.3, 0.4) is 0 Å². The van der Waals surface area contributed by atoms with Crippen LogP contribution in [0, 0.1) is 0 Å². The van der Waals surface area contributed by atoms with Crippen LogP contribution in [0.4, 0.5) is 0 Å². The van der Waals surface area contributed by atoms with Crippen LogP contribution < -0.4 is 4.72 Å². The Labute approximate surface area is 112 Å². The highest BCUT2D eigenvalue weighted by molar-refractivity contribution is 7.89. The first-order valence-corrected chi connectivity index (χ1v) is 8.04. The summed E-state index contributed by atoms with van der Waals surface area (Å²) in [7, 11) is -3.41. The molecule has 1 atom stereocenters. The zero-order valence-corrected chi connectivity index (χ0v) is 11.7. The molecule has 0 bridgehead atoms. The molecule has 0 aliphatic heterocycles. The molecule has 2 aromatic rings. The third-order valence-corrected chi connectivity index (χ3v) is 5.00. The fourth-order valence-electron chi connectivity index (χ4n) is 1.70. The van der Waals surface area contributed by atoms with Gasteiger partial charge in [-0.25, -0.2) is 13.1 Å². The van der Waals surface area contributed by atoms with Crippen molar-refractivity contribution >= 4 is 21.4 Å². The monoisotopic (exact) mass is 281 g/mol. The van der Waals surface area contributed by atoms with Crippen molar-refractivity contribution in [2.75, 3.05) is 0 Å². The van der Waals surface area contributed by atoms with Crippen LogP contribution in [-0.4, -0.2) is 14.5 Å². The van der Waals surface area contributed by atoms with Gasteiger partial charge >= 0.3 is 0 Å². The Bertz CT molecular complexity index is 577. The molecule has 0 spiro atoms. The number of thiophene rings is 1. The minimum Gasteiger partial charge on any atom is -0.208 e. The van der Waals surface area contributed by atoms with Crippen molar-refractivity contribution in [2.24, 2.45) is 0 Å². The van der Waals surface area contributed by atoms with E-state index in [1.807, 2.05) is 24.4 Å². The lowest BCUT2D eigenvalue weighted by Crippen LogP contribution is -2.33. The summed E-state index contributed by atoms with van der Waals surface area (Å²) in [4.78, 5) is 1.49. The molecule has 18 heavy (non-hydrogen) atoms. The van der Waals surface area contributed by atoms with E-state index >= 15 is 0 Å². The van der Waals surface area contributed by atoms with E-state index in [1.165, 1.54) is 4.88 Å². The molecule has 0 saturated heterocycles. The van der Waals surface area contributed by atoms with Crippen molar-refractivity contribution in [2.45, 2.75) is 24.3 Å². The summed E-state index contributed by atoms with van der Waals surface area (Å²) in [5, 5.41) is 1.99. The van der Waals surface area contributed by atoms with E-state index in [-0.39, 0.29) is 6.04 Å². The zero-order chi connectivity index (χ0) is 13.0. The van der Waals surface area contributed by atoms with Gasteiger partial charge in [-0.1, -0.05) is 24.3 Å². The van der Waals surface area contributed by atoms with Gasteiger partial charge < -0.3 is 0 Å². The Kier molecular flexibility index (Phi) is 4.16. The van der Waals surface area contributed by atoms with E-state index in [0.29, 0.717) is 11.3 Å². The number of hydrogen-bond donors (Lipinski definition) is 1. The van der Waals surface area contributed by atoms with Crippen LogP contribution in [0.1, 0.15) is 11.8 Å². The van der Waals surface area contributed by atoms with Crippen LogP contribution in [0.2, 0.25) is 0 Å². The van der Waals surface area contributed by atoms with E-state index < -0.39 is 10.0 Å².